The molecule has 33 heavy (non-hydrogen) atoms. The van der Waals surface area contributed by atoms with Crippen molar-refractivity contribution in [1.82, 2.24) is 30.6 Å². The van der Waals surface area contributed by atoms with Gasteiger partial charge in [0.2, 0.25) is 5.88 Å². The second-order valence-electron chi connectivity index (χ2n) is 6.39. The molecule has 10 nitrogen and oxygen atoms in total. The van der Waals surface area contributed by atoms with E-state index < -0.39 is 22.8 Å². The van der Waals surface area contributed by atoms with Crippen molar-refractivity contribution in [3.05, 3.63) is 65.4 Å². The maximum absolute atomic E-state index is 13.0. The van der Waals surface area contributed by atoms with Crippen LogP contribution in [0.2, 0.25) is 5.02 Å². The van der Waals surface area contributed by atoms with Gasteiger partial charge in [-0.05, 0) is 40.8 Å². The van der Waals surface area contributed by atoms with Gasteiger partial charge in [0.25, 0.3) is 0 Å². The maximum Gasteiger partial charge on any atom is 0.417 e. The highest BCUT2D eigenvalue weighted by Gasteiger charge is 2.33. The van der Waals surface area contributed by atoms with Crippen molar-refractivity contribution in [1.29, 1.82) is 0 Å². The third kappa shape index (κ3) is 5.51. The highest BCUT2D eigenvalue weighted by molar-refractivity contribution is 6.31. The van der Waals surface area contributed by atoms with E-state index in [-0.39, 0.29) is 11.6 Å². The van der Waals surface area contributed by atoms with Gasteiger partial charge < -0.3 is 15.4 Å². The SMILES string of the molecule is O=C(Nc1cccc(Oc2cc(-c3nnn[nH]3)ncn2)c1)Nc1ccc(Cl)c(C(F)(F)F)c1. The first kappa shape index (κ1) is 22.0. The number of benzene rings is 2. The number of aromatic nitrogens is 6. The molecule has 0 spiro atoms. The number of rotatable bonds is 5. The van der Waals surface area contributed by atoms with Gasteiger partial charge in [0.05, 0.1) is 10.6 Å². The number of nitrogens with one attached hydrogen (secondary N) is 3. The van der Waals surface area contributed by atoms with Gasteiger partial charge in [0, 0.05) is 23.5 Å². The minimum absolute atomic E-state index is 0.0768. The summed E-state index contributed by atoms with van der Waals surface area (Å²) < 4.78 is 44.7. The van der Waals surface area contributed by atoms with Gasteiger partial charge in [-0.15, -0.1) is 5.10 Å². The summed E-state index contributed by atoms with van der Waals surface area (Å²) in [7, 11) is 0. The number of halogens is 4. The van der Waals surface area contributed by atoms with Crippen LogP contribution in [0.4, 0.5) is 29.3 Å². The third-order valence-corrected chi connectivity index (χ3v) is 4.40. The van der Waals surface area contributed by atoms with E-state index in [1.54, 1.807) is 18.2 Å². The molecule has 0 radical (unpaired) electrons. The standard InChI is InChI=1S/C19H12ClF3N8O2/c20-14-5-4-11(7-13(14)19(21,22)23)27-18(32)26-10-2-1-3-12(6-10)33-16-8-15(24-9-25-16)17-28-30-31-29-17/h1-9H,(H2,26,27,32)(H,28,29,30,31). The van der Waals surface area contributed by atoms with Gasteiger partial charge >= 0.3 is 12.2 Å². The lowest BCUT2D eigenvalue weighted by Crippen LogP contribution is -2.20. The number of carbonyl (C=O) groups is 1. The Hall–Kier alpha value is -4.26. The van der Waals surface area contributed by atoms with Crippen LogP contribution in [-0.2, 0) is 6.18 Å². The molecule has 0 unspecified atom stereocenters. The third-order valence-electron chi connectivity index (χ3n) is 4.07. The summed E-state index contributed by atoms with van der Waals surface area (Å²) in [6.45, 7) is 0. The summed E-state index contributed by atoms with van der Waals surface area (Å²) in [5.41, 5.74) is -0.404. The number of alkyl halides is 3. The van der Waals surface area contributed by atoms with Crippen molar-refractivity contribution in [3.8, 4) is 23.1 Å². The Morgan fingerprint density at radius 3 is 2.55 bits per heavy atom. The molecule has 0 saturated carbocycles. The van der Waals surface area contributed by atoms with Crippen LogP contribution in [0.15, 0.2) is 54.9 Å². The van der Waals surface area contributed by atoms with Crippen LogP contribution in [0, 0.1) is 0 Å². The molecule has 2 amide bonds. The maximum atomic E-state index is 13.0. The molecule has 0 bridgehead atoms. The summed E-state index contributed by atoms with van der Waals surface area (Å²) in [4.78, 5) is 20.3. The lowest BCUT2D eigenvalue weighted by Gasteiger charge is -2.13. The molecular formula is C19H12ClF3N8O2. The Kier molecular flexibility index (Phi) is 6.04. The number of carbonyl (C=O) groups excluding carboxylic acids is 1. The monoisotopic (exact) mass is 476 g/mol. The molecule has 168 valence electrons. The van der Waals surface area contributed by atoms with E-state index in [0.29, 0.717) is 23.0 Å². The number of tetrazole rings is 1. The van der Waals surface area contributed by atoms with Crippen molar-refractivity contribution in [2.45, 2.75) is 6.18 Å². The fourth-order valence-corrected chi connectivity index (χ4v) is 2.89. The smallest absolute Gasteiger partial charge is 0.417 e. The molecule has 14 heteroatoms. The number of nitrogens with zero attached hydrogens (tertiary/aromatic N) is 5. The number of H-pyrrole nitrogens is 1. The van der Waals surface area contributed by atoms with Crippen LogP contribution >= 0.6 is 11.6 Å². The molecule has 0 saturated heterocycles. The largest absolute Gasteiger partial charge is 0.439 e. The predicted octanol–water partition coefficient (Wildman–Crippen LogP) is 4.77. The van der Waals surface area contributed by atoms with E-state index >= 15 is 0 Å². The van der Waals surface area contributed by atoms with Crippen molar-refractivity contribution in [3.63, 3.8) is 0 Å². The molecule has 0 aliphatic rings. The van der Waals surface area contributed by atoms with E-state index in [0.717, 1.165) is 12.1 Å². The first-order chi connectivity index (χ1) is 15.8. The molecule has 0 aliphatic heterocycles. The van der Waals surface area contributed by atoms with Crippen molar-refractivity contribution < 1.29 is 22.7 Å². The quantitative estimate of drug-likeness (QED) is 0.378. The molecule has 0 atom stereocenters. The predicted molar refractivity (Wildman–Crippen MR) is 111 cm³/mol. The Balaban J connectivity index is 1.44. The molecule has 3 N–H and O–H groups in total. The Labute approximate surface area is 188 Å². The van der Waals surface area contributed by atoms with Gasteiger partial charge in [0.15, 0.2) is 5.82 Å². The number of hydrogen-bond acceptors (Lipinski definition) is 7. The summed E-state index contributed by atoms with van der Waals surface area (Å²) in [5.74, 6) is 0.850. The lowest BCUT2D eigenvalue weighted by molar-refractivity contribution is -0.137. The highest BCUT2D eigenvalue weighted by Crippen LogP contribution is 2.36. The zero-order valence-electron chi connectivity index (χ0n) is 16.3. The van der Waals surface area contributed by atoms with Gasteiger partial charge in [-0.1, -0.05) is 17.7 Å². The topological polar surface area (TPSA) is 131 Å². The van der Waals surface area contributed by atoms with Crippen LogP contribution in [0.25, 0.3) is 11.5 Å². The Morgan fingerprint density at radius 1 is 1.03 bits per heavy atom. The van der Waals surface area contributed by atoms with Crippen molar-refractivity contribution in [2.24, 2.45) is 0 Å². The lowest BCUT2D eigenvalue weighted by atomic mass is 10.2. The first-order valence-electron chi connectivity index (χ1n) is 9.07. The van der Waals surface area contributed by atoms with Crippen LogP contribution in [0.1, 0.15) is 5.56 Å². The number of ether oxygens (including phenoxy) is 1. The number of aromatic amines is 1. The van der Waals surface area contributed by atoms with E-state index in [1.165, 1.54) is 24.5 Å². The van der Waals surface area contributed by atoms with E-state index in [9.17, 15) is 18.0 Å². The number of hydrogen-bond donors (Lipinski definition) is 3. The summed E-state index contributed by atoms with van der Waals surface area (Å²) >= 11 is 5.59. The summed E-state index contributed by atoms with van der Waals surface area (Å²) in [6.07, 6.45) is -3.38. The van der Waals surface area contributed by atoms with Crippen LogP contribution in [0.5, 0.6) is 11.6 Å². The highest BCUT2D eigenvalue weighted by atomic mass is 35.5. The number of urea groups is 1. The Bertz CT molecular complexity index is 1280. The van der Waals surface area contributed by atoms with Crippen LogP contribution in [-0.4, -0.2) is 36.6 Å². The molecule has 2 heterocycles. The summed E-state index contributed by atoms with van der Waals surface area (Å²) in [6, 6.07) is 10.1. The van der Waals surface area contributed by atoms with Gasteiger partial charge in [0.1, 0.15) is 17.8 Å². The average molecular weight is 477 g/mol. The number of anilines is 2. The zero-order valence-corrected chi connectivity index (χ0v) is 17.0. The molecule has 4 rings (SSSR count). The fourth-order valence-electron chi connectivity index (χ4n) is 2.66. The normalized spacial score (nSPS) is 11.2. The van der Waals surface area contributed by atoms with Gasteiger partial charge in [-0.2, -0.15) is 13.2 Å². The fraction of sp³-hybridized carbons (Fsp3) is 0.0526. The molecule has 4 aromatic rings. The molecule has 0 aliphatic carbocycles. The van der Waals surface area contributed by atoms with Gasteiger partial charge in [-0.3, -0.25) is 0 Å². The number of amides is 2. The molecule has 0 fully saturated rings. The minimum Gasteiger partial charge on any atom is -0.439 e. The minimum atomic E-state index is -4.65. The van der Waals surface area contributed by atoms with E-state index in [2.05, 4.69) is 41.2 Å². The van der Waals surface area contributed by atoms with Gasteiger partial charge in [-0.25, -0.2) is 19.9 Å². The summed E-state index contributed by atoms with van der Waals surface area (Å²) in [5, 5.41) is 17.6. The first-order valence-corrected chi connectivity index (χ1v) is 9.44. The molecule has 2 aromatic heterocycles. The molecule has 2 aromatic carbocycles. The second kappa shape index (κ2) is 9.08. The van der Waals surface area contributed by atoms with Crippen LogP contribution < -0.4 is 15.4 Å². The Morgan fingerprint density at radius 2 is 1.82 bits per heavy atom. The van der Waals surface area contributed by atoms with Crippen molar-refractivity contribution in [2.75, 3.05) is 10.6 Å². The van der Waals surface area contributed by atoms with Crippen LogP contribution in [0.3, 0.4) is 0 Å². The average Bonchev–Trinajstić information content (AvgIpc) is 3.30. The van der Waals surface area contributed by atoms with E-state index in [4.69, 9.17) is 16.3 Å². The van der Waals surface area contributed by atoms with Crippen molar-refractivity contribution >= 4 is 29.0 Å². The van der Waals surface area contributed by atoms with E-state index in [1.807, 2.05) is 0 Å². The zero-order chi connectivity index (χ0) is 23.4. The second-order valence-corrected chi connectivity index (χ2v) is 6.80. The molecular weight excluding hydrogens is 465 g/mol.